The number of hydrogen-bond acceptors (Lipinski definition) is 20. The molecule has 0 spiro atoms. The highest BCUT2D eigenvalue weighted by atomic mass is 19.2. The van der Waals surface area contributed by atoms with E-state index in [2.05, 4.69) is 34.7 Å². The zero-order valence-electron chi connectivity index (χ0n) is 45.9. The Kier molecular flexibility index (Phi) is 19.0. The van der Waals surface area contributed by atoms with Gasteiger partial charge in [0.2, 0.25) is 11.5 Å². The molecular formula is C60H3F16N21. The van der Waals surface area contributed by atoms with Crippen LogP contribution in [0.4, 0.5) is 70.2 Å². The number of nitrogens with zero attached hydrogens (tertiary/aromatic N) is 21. The summed E-state index contributed by atoms with van der Waals surface area (Å²) < 4.78 is 230. The van der Waals surface area contributed by atoms with Crippen molar-refractivity contribution in [2.45, 2.75) is 6.92 Å². The van der Waals surface area contributed by atoms with Crippen molar-refractivity contribution >= 4 is 61.1 Å². The lowest BCUT2D eigenvalue weighted by molar-refractivity contribution is 0.376. The first kappa shape index (κ1) is 68.8. The van der Waals surface area contributed by atoms with Gasteiger partial charge in [-0.05, 0) is 23.6 Å². The van der Waals surface area contributed by atoms with Gasteiger partial charge in [0.25, 0.3) is 0 Å². The first-order chi connectivity index (χ1) is 46.1. The molecule has 1 fully saturated rings. The molecule has 8 aromatic rings. The fourth-order valence-corrected chi connectivity index (χ4v) is 8.64. The van der Waals surface area contributed by atoms with Crippen LogP contribution in [-0.4, -0.2) is 29.9 Å². The third-order valence-corrected chi connectivity index (χ3v) is 13.0. The molecule has 5 aromatic carbocycles. The number of halogens is 16. The normalized spacial score (nSPS) is 12.2. The molecule has 0 unspecified atom stereocenters. The molecule has 0 N–H and O–H groups in total. The Hall–Kier alpha value is -15.7. The number of benzene rings is 5. The van der Waals surface area contributed by atoms with Crippen LogP contribution < -0.4 is 10.4 Å². The minimum absolute atomic E-state index is 0.0237. The highest BCUT2D eigenvalue weighted by Gasteiger charge is 2.46. The maximum Gasteiger partial charge on any atom is 0.208 e. The molecular weight excluding hydrogens is 1320 g/mol. The Morgan fingerprint density at radius 1 is 0.289 bits per heavy atom. The molecule has 460 valence electrons. The molecule has 1 aliphatic rings. The molecule has 0 atom stereocenters. The standard InChI is InChI=1S/C30H3F12N5.C18N12.C12F4N4/c1-7-8(3-43)19(32)22(35)14(18(7)31)9(4-44)12-13(10(5-45)15-23(36)27(40)29(42)28(41)24(15)37)16(12)30(47-2)17-25(38)20(33)11(6-46)21(34)26(17)39;19-1-7-8(2-20)26-14-13(25-7)15-17(29-10(4-22)9(3-21)27-15)18-16(14)28-11(5-23)12(6-24)30-18;13-9-7(5(1-17)2-18)10(14)12(16)8(11(9)15)6(3-19)4-20/h1H3;;. The van der Waals surface area contributed by atoms with Gasteiger partial charge in [-0.25, -0.2) is 105 Å². The number of hydrogen-bond donors (Lipinski definition) is 0. The molecule has 0 radical (unpaired) electrons. The van der Waals surface area contributed by atoms with E-state index in [1.807, 2.05) is 0 Å². The summed E-state index contributed by atoms with van der Waals surface area (Å²) >= 11 is 0. The highest BCUT2D eigenvalue weighted by Crippen LogP contribution is 2.58. The van der Waals surface area contributed by atoms with Gasteiger partial charge < -0.3 is 0 Å². The topological polar surface area (TPSA) is 415 Å². The Balaban J connectivity index is 0.000000226. The highest BCUT2D eigenvalue weighted by molar-refractivity contribution is 6.18. The average Bonchev–Trinajstić information content (AvgIpc) is 1.62. The summed E-state index contributed by atoms with van der Waals surface area (Å²) in [7, 11) is 0. The van der Waals surface area contributed by atoms with E-state index in [-0.39, 0.29) is 67.3 Å². The molecule has 1 saturated carbocycles. The number of rotatable bonds is 3. The van der Waals surface area contributed by atoms with E-state index in [4.69, 9.17) is 38.1 Å². The zero-order chi connectivity index (χ0) is 72.3. The van der Waals surface area contributed by atoms with Crippen LogP contribution in [0.3, 0.4) is 0 Å². The van der Waals surface area contributed by atoms with Gasteiger partial charge in [0, 0.05) is 5.56 Å². The van der Waals surface area contributed by atoms with E-state index in [0.29, 0.717) is 6.92 Å². The fourth-order valence-electron chi connectivity index (χ4n) is 8.64. The minimum atomic E-state index is -2.73. The Morgan fingerprint density at radius 3 is 0.784 bits per heavy atom. The van der Waals surface area contributed by atoms with Crippen molar-refractivity contribution in [1.29, 1.82) is 73.7 Å². The maximum absolute atomic E-state index is 15.4. The molecule has 3 aromatic heterocycles. The first-order valence-corrected chi connectivity index (χ1v) is 24.3. The van der Waals surface area contributed by atoms with E-state index < -0.39 is 182 Å². The van der Waals surface area contributed by atoms with Crippen molar-refractivity contribution in [1.82, 2.24) is 29.9 Å². The van der Waals surface area contributed by atoms with E-state index in [1.54, 1.807) is 36.4 Å². The van der Waals surface area contributed by atoms with E-state index in [1.165, 1.54) is 0 Å². The van der Waals surface area contributed by atoms with Gasteiger partial charge >= 0.3 is 0 Å². The lowest BCUT2D eigenvalue weighted by Gasteiger charge is -2.09. The molecule has 21 nitrogen and oxygen atoms in total. The quantitative estimate of drug-likeness (QED) is 0.0396. The third kappa shape index (κ3) is 10.9. The van der Waals surface area contributed by atoms with Crippen molar-refractivity contribution in [2.24, 2.45) is 0 Å². The summed E-state index contributed by atoms with van der Waals surface area (Å²) in [5, 5.41) is 124. The molecule has 9 rings (SSSR count). The molecule has 97 heavy (non-hydrogen) atoms. The largest absolute Gasteiger partial charge is 0.237 e. The van der Waals surface area contributed by atoms with Crippen molar-refractivity contribution < 1.29 is 70.2 Å². The third-order valence-electron chi connectivity index (χ3n) is 13.0. The maximum atomic E-state index is 15.4. The van der Waals surface area contributed by atoms with Gasteiger partial charge in [-0.1, -0.05) is 0 Å². The van der Waals surface area contributed by atoms with Gasteiger partial charge in [-0.2, -0.15) is 73.7 Å². The van der Waals surface area contributed by atoms with Gasteiger partial charge in [0.1, 0.15) is 141 Å². The Bertz CT molecular complexity index is 5360. The smallest absolute Gasteiger partial charge is 0.208 e. The monoisotopic (exact) mass is 1320 g/mol. The van der Waals surface area contributed by atoms with Crippen molar-refractivity contribution in [3.05, 3.63) is 199 Å². The second kappa shape index (κ2) is 26.8. The lowest BCUT2D eigenvalue weighted by Crippen LogP contribution is -2.31. The number of allylic oxidation sites excluding steroid dienone is 5. The summed E-state index contributed by atoms with van der Waals surface area (Å²) in [5.41, 5.74) is -23.1. The Labute approximate surface area is 524 Å². The average molecular weight is 1320 g/mol. The van der Waals surface area contributed by atoms with Crippen LogP contribution in [0.2, 0.25) is 0 Å². The van der Waals surface area contributed by atoms with Gasteiger partial charge in [-0.15, -0.1) is 0 Å². The molecule has 0 saturated heterocycles. The predicted octanol–water partition coefficient (Wildman–Crippen LogP) is 9.39. The minimum Gasteiger partial charge on any atom is -0.237 e. The molecule has 0 aliphatic heterocycles. The molecule has 0 bridgehead atoms. The van der Waals surface area contributed by atoms with E-state index in [0.717, 1.165) is 48.6 Å². The van der Waals surface area contributed by atoms with Crippen LogP contribution in [0.1, 0.15) is 67.5 Å². The van der Waals surface area contributed by atoms with E-state index >= 15 is 17.6 Å². The van der Waals surface area contributed by atoms with E-state index in [9.17, 15) is 94.8 Å². The Morgan fingerprint density at radius 2 is 0.536 bits per heavy atom. The summed E-state index contributed by atoms with van der Waals surface area (Å²) in [6, 6.07) is 18.9. The predicted molar refractivity (Wildman–Crippen MR) is 280 cm³/mol. The van der Waals surface area contributed by atoms with Gasteiger partial charge in [-0.3, -0.25) is 0 Å². The molecule has 37 heteroatoms. The molecule has 3 heterocycles. The summed E-state index contributed by atoms with van der Waals surface area (Å²) in [4.78, 5) is 27.3. The summed E-state index contributed by atoms with van der Waals surface area (Å²) in [6.45, 7) is 8.14. The first-order valence-electron chi connectivity index (χ1n) is 24.3. The van der Waals surface area contributed by atoms with Crippen LogP contribution in [-0.2, 0) is 0 Å². The van der Waals surface area contributed by atoms with Crippen molar-refractivity contribution in [2.75, 3.05) is 0 Å². The van der Waals surface area contributed by atoms with Crippen LogP contribution >= 0.6 is 0 Å². The molecule has 0 amide bonds. The second-order valence-electron chi connectivity index (χ2n) is 17.8. The number of fused-ring (bicyclic) bond motifs is 6. The zero-order valence-corrected chi connectivity index (χ0v) is 45.9. The summed E-state index contributed by atoms with van der Waals surface area (Å²) in [6.07, 6.45) is 0. The van der Waals surface area contributed by atoms with Crippen LogP contribution in [0, 0.1) is 265 Å². The second-order valence-corrected chi connectivity index (χ2v) is 17.8. The molecule has 1 aliphatic carbocycles. The van der Waals surface area contributed by atoms with Crippen LogP contribution in [0.25, 0.3) is 65.9 Å². The number of aromatic nitrogens is 6. The van der Waals surface area contributed by atoms with Crippen molar-refractivity contribution in [3.8, 4) is 85.0 Å². The van der Waals surface area contributed by atoms with Gasteiger partial charge in [0.05, 0.1) is 50.4 Å². The SMILES string of the molecule is N#CC(C#N)=c1c(F)c(F)c(=C(C#N)C#N)c(F)c1F.N#Cc1nc2c3nc(C#N)c(C#N)nc3c3nc(C#N)c(C#N)nc3c2nc1C#N.[C-]#[N+]C(=C1C(=C(C#N)c2c(F)c(C)c(C#N)c(F)c2F)C1=C(C#N)c1c(F)c(F)c(F)c(F)c1F)c1c(F)c(F)c(C#N)c(F)c1F. The lowest BCUT2D eigenvalue weighted by atomic mass is 9.96. The number of nitriles is 14. The van der Waals surface area contributed by atoms with Crippen molar-refractivity contribution in [3.63, 3.8) is 0 Å². The van der Waals surface area contributed by atoms with Crippen LogP contribution in [0.15, 0.2) is 16.7 Å². The van der Waals surface area contributed by atoms with Crippen LogP contribution in [0.5, 0.6) is 0 Å². The summed E-state index contributed by atoms with van der Waals surface area (Å²) in [5.74, 6) is -37.6. The van der Waals surface area contributed by atoms with Gasteiger partial charge in [0.15, 0.2) is 116 Å². The fraction of sp³-hybridized carbons (Fsp3) is 0.0167.